The van der Waals surface area contributed by atoms with E-state index in [1.165, 1.54) is 24.3 Å². The highest BCUT2D eigenvalue weighted by molar-refractivity contribution is 7.92. The van der Waals surface area contributed by atoms with Crippen LogP contribution in [0.3, 0.4) is 0 Å². The van der Waals surface area contributed by atoms with Gasteiger partial charge in [-0.15, -0.1) is 0 Å². The topological polar surface area (TPSA) is 88.2 Å². The number of carbonyl (C=O) groups is 1. The van der Waals surface area contributed by atoms with Crippen LogP contribution in [-0.4, -0.2) is 37.0 Å². The molecule has 150 valence electrons. The second-order valence-electron chi connectivity index (χ2n) is 6.76. The summed E-state index contributed by atoms with van der Waals surface area (Å²) >= 11 is 0. The van der Waals surface area contributed by atoms with E-state index < -0.39 is 33.5 Å². The number of anilines is 1. The molecule has 3 rings (SSSR count). The van der Waals surface area contributed by atoms with E-state index in [2.05, 4.69) is 15.6 Å². The van der Waals surface area contributed by atoms with Crippen molar-refractivity contribution in [1.82, 2.24) is 10.3 Å². The largest absolute Gasteiger partial charge is 0.334 e. The van der Waals surface area contributed by atoms with Gasteiger partial charge >= 0.3 is 6.03 Å². The third kappa shape index (κ3) is 5.03. The Morgan fingerprint density at radius 1 is 1.07 bits per heavy atom. The molecule has 9 heteroatoms. The summed E-state index contributed by atoms with van der Waals surface area (Å²) in [4.78, 5) is 15.9. The fourth-order valence-electron chi connectivity index (χ4n) is 3.17. The lowest BCUT2D eigenvalue weighted by molar-refractivity contribution is 0.160. The maximum absolute atomic E-state index is 13.6. The molecule has 2 amide bonds. The molecular formula is C19H21F2N3O3S. The molecule has 0 saturated heterocycles. The molecule has 0 aliphatic heterocycles. The normalized spacial score (nSPS) is 22.4. The fraction of sp³-hybridized carbons (Fsp3) is 0.368. The third-order valence-corrected chi connectivity index (χ3v) is 6.80. The minimum Gasteiger partial charge on any atom is -0.334 e. The standard InChI is InChI=1S/C19H21F2N3O3S/c20-14-8-15(21)10-18(9-14)28(26,27)17-5-3-16(4-6-17)24-19(25)23-12-13-2-1-7-22-11-13/h1-7,11,14-15,18H,8-10,12H2,(H2,23,24,25). The van der Waals surface area contributed by atoms with Crippen molar-refractivity contribution >= 4 is 21.6 Å². The van der Waals surface area contributed by atoms with E-state index in [0.29, 0.717) is 12.2 Å². The third-order valence-electron chi connectivity index (χ3n) is 4.60. The predicted molar refractivity (Wildman–Crippen MR) is 101 cm³/mol. The van der Waals surface area contributed by atoms with Crippen LogP contribution in [0, 0.1) is 0 Å². The number of nitrogens with zero attached hydrogens (tertiary/aromatic N) is 1. The number of amides is 2. The first kappa shape index (κ1) is 20.2. The van der Waals surface area contributed by atoms with E-state index in [9.17, 15) is 22.0 Å². The molecule has 1 aliphatic rings. The lowest BCUT2D eigenvalue weighted by Gasteiger charge is -2.27. The molecule has 2 aromatic rings. The number of aromatic nitrogens is 1. The summed E-state index contributed by atoms with van der Waals surface area (Å²) in [6.07, 6.45) is -0.272. The first-order valence-corrected chi connectivity index (χ1v) is 10.4. The summed E-state index contributed by atoms with van der Waals surface area (Å²) in [6, 6.07) is 8.69. The number of halogens is 2. The minimum atomic E-state index is -3.83. The Bertz CT molecular complexity index is 898. The molecule has 2 unspecified atom stereocenters. The zero-order chi connectivity index (χ0) is 20.1. The van der Waals surface area contributed by atoms with E-state index in [1.54, 1.807) is 18.5 Å². The van der Waals surface area contributed by atoms with Gasteiger partial charge in [-0.25, -0.2) is 22.0 Å². The second-order valence-corrected chi connectivity index (χ2v) is 8.99. The smallest absolute Gasteiger partial charge is 0.319 e. The number of nitrogens with one attached hydrogen (secondary N) is 2. The Labute approximate surface area is 162 Å². The molecule has 1 aromatic heterocycles. The van der Waals surface area contributed by atoms with Gasteiger partial charge in [0.05, 0.1) is 10.1 Å². The lowest BCUT2D eigenvalue weighted by Crippen LogP contribution is -2.34. The van der Waals surface area contributed by atoms with Crippen molar-refractivity contribution in [1.29, 1.82) is 0 Å². The number of urea groups is 1. The van der Waals surface area contributed by atoms with E-state index >= 15 is 0 Å². The van der Waals surface area contributed by atoms with Crippen molar-refractivity contribution in [2.75, 3.05) is 5.32 Å². The number of pyridine rings is 1. The summed E-state index contributed by atoms with van der Waals surface area (Å²) < 4.78 is 52.4. The first-order valence-electron chi connectivity index (χ1n) is 8.90. The van der Waals surface area contributed by atoms with Gasteiger partial charge in [0.25, 0.3) is 0 Å². The maximum Gasteiger partial charge on any atom is 0.319 e. The molecule has 1 fully saturated rings. The summed E-state index contributed by atoms with van der Waals surface area (Å²) in [7, 11) is -3.83. The molecule has 1 aliphatic carbocycles. The van der Waals surface area contributed by atoms with Crippen molar-refractivity contribution in [3.63, 3.8) is 0 Å². The average molecular weight is 409 g/mol. The van der Waals surface area contributed by atoms with Crippen molar-refractivity contribution < 1.29 is 22.0 Å². The molecule has 1 aromatic carbocycles. The average Bonchev–Trinajstić information content (AvgIpc) is 2.67. The number of alkyl halides is 2. The van der Waals surface area contributed by atoms with Gasteiger partial charge in [0.2, 0.25) is 0 Å². The molecule has 1 saturated carbocycles. The number of benzene rings is 1. The number of rotatable bonds is 5. The van der Waals surface area contributed by atoms with Gasteiger partial charge in [0, 0.05) is 31.0 Å². The van der Waals surface area contributed by atoms with Crippen LogP contribution in [0.5, 0.6) is 0 Å². The van der Waals surface area contributed by atoms with Crippen molar-refractivity contribution in [3.8, 4) is 0 Å². The van der Waals surface area contributed by atoms with E-state index in [1.807, 2.05) is 6.07 Å². The highest BCUT2D eigenvalue weighted by Gasteiger charge is 2.37. The van der Waals surface area contributed by atoms with Gasteiger partial charge in [-0.1, -0.05) is 6.07 Å². The Hall–Kier alpha value is -2.55. The fourth-order valence-corrected chi connectivity index (χ4v) is 5.00. The van der Waals surface area contributed by atoms with Gasteiger partial charge in [0.1, 0.15) is 12.3 Å². The highest BCUT2D eigenvalue weighted by Crippen LogP contribution is 2.32. The second kappa shape index (κ2) is 8.64. The summed E-state index contributed by atoms with van der Waals surface area (Å²) in [6.45, 7) is 0.294. The first-order chi connectivity index (χ1) is 13.3. The molecule has 0 spiro atoms. The lowest BCUT2D eigenvalue weighted by atomic mass is 9.97. The number of sulfone groups is 1. The molecule has 28 heavy (non-hydrogen) atoms. The molecule has 2 N–H and O–H groups in total. The Morgan fingerprint density at radius 3 is 2.36 bits per heavy atom. The van der Waals surface area contributed by atoms with Crippen LogP contribution in [0.4, 0.5) is 19.3 Å². The quantitative estimate of drug-likeness (QED) is 0.792. The maximum atomic E-state index is 13.6. The van der Waals surface area contributed by atoms with Gasteiger partial charge < -0.3 is 10.6 Å². The van der Waals surface area contributed by atoms with Gasteiger partial charge in [-0.05, 0) is 48.7 Å². The van der Waals surface area contributed by atoms with Crippen LogP contribution < -0.4 is 10.6 Å². The molecule has 0 radical (unpaired) electrons. The summed E-state index contributed by atoms with van der Waals surface area (Å²) in [5.41, 5.74) is 1.24. The van der Waals surface area contributed by atoms with E-state index in [4.69, 9.17) is 0 Å². The van der Waals surface area contributed by atoms with Crippen LogP contribution in [0.25, 0.3) is 0 Å². The Balaban J connectivity index is 1.60. The zero-order valence-electron chi connectivity index (χ0n) is 15.0. The zero-order valence-corrected chi connectivity index (χ0v) is 15.8. The summed E-state index contributed by atoms with van der Waals surface area (Å²) in [5, 5.41) is 4.19. The summed E-state index contributed by atoms with van der Waals surface area (Å²) in [5.74, 6) is 0. The van der Waals surface area contributed by atoms with Crippen LogP contribution in [0.1, 0.15) is 24.8 Å². The molecule has 2 atom stereocenters. The SMILES string of the molecule is O=C(NCc1cccnc1)Nc1ccc(S(=O)(=O)C2CC(F)CC(F)C2)cc1. The van der Waals surface area contributed by atoms with E-state index in [0.717, 1.165) is 5.56 Å². The molecular weight excluding hydrogens is 388 g/mol. The van der Waals surface area contributed by atoms with Crippen LogP contribution in [0.2, 0.25) is 0 Å². The van der Waals surface area contributed by atoms with Crippen molar-refractivity contribution in [2.24, 2.45) is 0 Å². The van der Waals surface area contributed by atoms with Crippen molar-refractivity contribution in [2.45, 2.75) is 48.3 Å². The van der Waals surface area contributed by atoms with Gasteiger partial charge in [-0.2, -0.15) is 0 Å². The molecule has 1 heterocycles. The van der Waals surface area contributed by atoms with Gasteiger partial charge in [-0.3, -0.25) is 4.98 Å². The van der Waals surface area contributed by atoms with E-state index in [-0.39, 0.29) is 24.2 Å². The Morgan fingerprint density at radius 2 is 1.75 bits per heavy atom. The van der Waals surface area contributed by atoms with Gasteiger partial charge in [0.15, 0.2) is 9.84 Å². The van der Waals surface area contributed by atoms with Crippen molar-refractivity contribution in [3.05, 3.63) is 54.4 Å². The highest BCUT2D eigenvalue weighted by atomic mass is 32.2. The number of hydrogen-bond acceptors (Lipinski definition) is 4. The monoisotopic (exact) mass is 409 g/mol. The molecule has 0 bridgehead atoms. The predicted octanol–water partition coefficient (Wildman–Crippen LogP) is 3.41. The number of carbonyl (C=O) groups excluding carboxylic acids is 1. The van der Waals surface area contributed by atoms with Crippen LogP contribution in [-0.2, 0) is 16.4 Å². The Kier molecular flexibility index (Phi) is 6.23. The molecule has 6 nitrogen and oxygen atoms in total. The van der Waals surface area contributed by atoms with Crippen LogP contribution >= 0.6 is 0 Å². The number of hydrogen-bond donors (Lipinski definition) is 2. The minimum absolute atomic E-state index is 0.0138. The van der Waals surface area contributed by atoms with Crippen LogP contribution in [0.15, 0.2) is 53.7 Å².